The van der Waals surface area contributed by atoms with Gasteiger partial charge in [-0.25, -0.2) is 0 Å². The molecule has 1 aromatic carbocycles. The van der Waals surface area contributed by atoms with E-state index in [1.54, 1.807) is 11.6 Å². The van der Waals surface area contributed by atoms with Crippen molar-refractivity contribution in [3.05, 3.63) is 39.5 Å². The number of rotatable bonds is 9. The maximum absolute atomic E-state index is 13.3. The van der Waals surface area contributed by atoms with Gasteiger partial charge < -0.3 is 24.3 Å². The lowest BCUT2D eigenvalue weighted by atomic mass is 10.1. The molecule has 1 aliphatic heterocycles. The summed E-state index contributed by atoms with van der Waals surface area (Å²) in [4.78, 5) is 31.3. The molecule has 1 amide bonds. The lowest BCUT2D eigenvalue weighted by Gasteiger charge is -2.26. The highest BCUT2D eigenvalue weighted by Gasteiger charge is 2.25. The van der Waals surface area contributed by atoms with Gasteiger partial charge in [-0.3, -0.25) is 14.5 Å². The number of ether oxygens (including phenoxy) is 2. The number of hydrogen-bond acceptors (Lipinski definition) is 7. The Morgan fingerprint density at radius 3 is 2.71 bits per heavy atom. The van der Waals surface area contributed by atoms with Gasteiger partial charge in [0.05, 0.1) is 23.4 Å². The van der Waals surface area contributed by atoms with E-state index >= 15 is 0 Å². The van der Waals surface area contributed by atoms with Crippen LogP contribution in [0.15, 0.2) is 29.1 Å². The molecule has 0 unspecified atom stereocenters. The Hall–Kier alpha value is -2.46. The van der Waals surface area contributed by atoms with Gasteiger partial charge in [-0.05, 0) is 33.1 Å². The smallest absolute Gasteiger partial charge is 0.265 e. The summed E-state index contributed by atoms with van der Waals surface area (Å²) in [6.07, 6.45) is 0.849. The van der Waals surface area contributed by atoms with Crippen LogP contribution in [0.5, 0.6) is 5.75 Å². The van der Waals surface area contributed by atoms with Gasteiger partial charge in [0.25, 0.3) is 11.5 Å². The predicted molar refractivity (Wildman–Crippen MR) is 140 cm³/mol. The summed E-state index contributed by atoms with van der Waals surface area (Å²) in [6.45, 7) is 5.74. The lowest BCUT2D eigenvalue weighted by molar-refractivity contribution is 0.0323. The fourth-order valence-electron chi connectivity index (χ4n) is 4.10. The molecule has 0 radical (unpaired) electrons. The monoisotopic (exact) mass is 488 g/mol. The highest BCUT2D eigenvalue weighted by Crippen LogP contribution is 2.39. The number of fused-ring (bicyclic) bond motifs is 3. The molecule has 0 spiro atoms. The van der Waals surface area contributed by atoms with Crippen LogP contribution in [0.25, 0.3) is 21.0 Å². The van der Waals surface area contributed by atoms with Crippen molar-refractivity contribution in [2.75, 3.05) is 66.6 Å². The molecule has 3 heterocycles. The number of hydrogen-bond donors (Lipinski definition) is 1. The van der Waals surface area contributed by atoms with Crippen molar-refractivity contribution in [3.63, 3.8) is 0 Å². The van der Waals surface area contributed by atoms with E-state index in [9.17, 15) is 9.59 Å². The van der Waals surface area contributed by atoms with Crippen molar-refractivity contribution in [2.24, 2.45) is 7.05 Å². The molecule has 3 aromatic rings. The van der Waals surface area contributed by atoms with Crippen molar-refractivity contribution < 1.29 is 14.3 Å². The van der Waals surface area contributed by atoms with E-state index < -0.39 is 0 Å². The highest BCUT2D eigenvalue weighted by atomic mass is 32.1. The number of carbonyl (C=O) groups excluding carboxylic acids is 1. The zero-order chi connectivity index (χ0) is 23.4. The largest absolute Gasteiger partial charge is 0.490 e. The van der Waals surface area contributed by atoms with Crippen LogP contribution in [0.1, 0.15) is 23.5 Å². The van der Waals surface area contributed by atoms with Gasteiger partial charge in [-0.1, -0.05) is 25.6 Å². The van der Waals surface area contributed by atoms with Gasteiger partial charge >= 0.3 is 0 Å². The van der Waals surface area contributed by atoms with Crippen LogP contribution in [-0.2, 0) is 11.8 Å². The van der Waals surface area contributed by atoms with Gasteiger partial charge in [0.15, 0.2) is 5.75 Å². The number of morpholine rings is 1. The lowest BCUT2D eigenvalue weighted by Crippen LogP contribution is -2.38. The molecule has 1 saturated heterocycles. The Labute approximate surface area is 205 Å². The van der Waals surface area contributed by atoms with Gasteiger partial charge in [0.1, 0.15) is 16.9 Å². The van der Waals surface area contributed by atoms with E-state index in [-0.39, 0.29) is 18.9 Å². The maximum Gasteiger partial charge on any atom is 0.265 e. The number of para-hydroxylation sites is 1. The molecule has 2 aromatic heterocycles. The SMILES string of the molecule is C.CN(C)CCCNC(=O)c1sc2c(c1OCCN1CCOCC1)c(=O)n(C)c1ccccc21. The molecule has 186 valence electrons. The van der Waals surface area contributed by atoms with E-state index in [1.807, 2.05) is 38.4 Å². The number of nitrogens with one attached hydrogen (secondary N) is 1. The molecule has 0 bridgehead atoms. The molecule has 1 fully saturated rings. The standard InChI is InChI=1S/C24H32N4O4S.CH4/c1-26(2)10-6-9-25-23(29)22-20(32-16-13-28-11-14-31-15-12-28)19-21(33-22)17-7-4-5-8-18(17)27(3)24(19)30;/h4-5,7-8H,6,9-16H2,1-3H3,(H,25,29);1H4. The first-order valence-corrected chi connectivity index (χ1v) is 12.2. The first kappa shape index (κ1) is 26.2. The van der Waals surface area contributed by atoms with Gasteiger partial charge in [-0.15, -0.1) is 11.3 Å². The Kier molecular flexibility index (Phi) is 9.07. The molecule has 4 rings (SSSR count). The number of aromatic nitrogens is 1. The minimum Gasteiger partial charge on any atom is -0.490 e. The van der Waals surface area contributed by atoms with Crippen LogP contribution >= 0.6 is 11.3 Å². The van der Waals surface area contributed by atoms with Crippen molar-refractivity contribution >= 4 is 38.2 Å². The van der Waals surface area contributed by atoms with Crippen LogP contribution in [0, 0.1) is 0 Å². The van der Waals surface area contributed by atoms with Gasteiger partial charge in [-0.2, -0.15) is 0 Å². The van der Waals surface area contributed by atoms with E-state index in [1.165, 1.54) is 11.3 Å². The zero-order valence-corrected chi connectivity index (χ0v) is 20.4. The van der Waals surface area contributed by atoms with E-state index in [4.69, 9.17) is 9.47 Å². The second-order valence-corrected chi connectivity index (χ2v) is 9.58. The summed E-state index contributed by atoms with van der Waals surface area (Å²) < 4.78 is 14.0. The molecule has 0 saturated carbocycles. The summed E-state index contributed by atoms with van der Waals surface area (Å²) in [7, 11) is 5.78. The minimum atomic E-state index is -0.192. The second kappa shape index (κ2) is 11.8. The van der Waals surface area contributed by atoms with Crippen molar-refractivity contribution in [2.45, 2.75) is 13.8 Å². The summed E-state index contributed by atoms with van der Waals surface area (Å²) in [5, 5.41) is 4.44. The van der Waals surface area contributed by atoms with Crippen molar-refractivity contribution in [1.82, 2.24) is 19.7 Å². The Balaban J connectivity index is 0.00000324. The Morgan fingerprint density at radius 2 is 1.97 bits per heavy atom. The van der Waals surface area contributed by atoms with E-state index in [2.05, 4.69) is 15.1 Å². The third-order valence-corrected chi connectivity index (χ3v) is 7.13. The molecular formula is C25H36N4O4S. The van der Waals surface area contributed by atoms with Crippen LogP contribution in [0.4, 0.5) is 0 Å². The fraction of sp³-hybridized carbons (Fsp3) is 0.520. The zero-order valence-electron chi connectivity index (χ0n) is 19.6. The summed E-state index contributed by atoms with van der Waals surface area (Å²) in [5.41, 5.74) is 0.696. The fourth-order valence-corrected chi connectivity index (χ4v) is 5.29. The number of benzene rings is 1. The molecular weight excluding hydrogens is 452 g/mol. The van der Waals surface area contributed by atoms with E-state index in [0.29, 0.717) is 42.4 Å². The first-order chi connectivity index (χ1) is 16.0. The molecule has 0 aliphatic carbocycles. The number of thiophene rings is 1. The number of nitrogens with zero attached hydrogens (tertiary/aromatic N) is 3. The van der Waals surface area contributed by atoms with Gasteiger partial charge in [0, 0.05) is 38.6 Å². The normalized spacial score (nSPS) is 14.5. The maximum atomic E-state index is 13.3. The Bertz CT molecular complexity index is 1180. The third-order valence-electron chi connectivity index (χ3n) is 5.92. The summed E-state index contributed by atoms with van der Waals surface area (Å²) in [6, 6.07) is 7.78. The average molecular weight is 489 g/mol. The van der Waals surface area contributed by atoms with Crippen molar-refractivity contribution in [1.29, 1.82) is 0 Å². The molecule has 8 nitrogen and oxygen atoms in total. The molecule has 9 heteroatoms. The Morgan fingerprint density at radius 1 is 1.24 bits per heavy atom. The minimum absolute atomic E-state index is 0. The first-order valence-electron chi connectivity index (χ1n) is 11.4. The molecule has 1 N–H and O–H groups in total. The third kappa shape index (κ3) is 5.60. The van der Waals surface area contributed by atoms with Crippen LogP contribution in [0.3, 0.4) is 0 Å². The second-order valence-electron chi connectivity index (χ2n) is 8.56. The van der Waals surface area contributed by atoms with Crippen LogP contribution in [-0.4, -0.2) is 86.9 Å². The van der Waals surface area contributed by atoms with Crippen LogP contribution < -0.4 is 15.6 Å². The topological polar surface area (TPSA) is 76.0 Å². The summed E-state index contributed by atoms with van der Waals surface area (Å²) >= 11 is 1.34. The average Bonchev–Trinajstić information content (AvgIpc) is 3.20. The number of amides is 1. The quantitative estimate of drug-likeness (QED) is 0.467. The van der Waals surface area contributed by atoms with Crippen molar-refractivity contribution in [3.8, 4) is 5.75 Å². The number of aryl methyl sites for hydroxylation is 1. The number of pyridine rings is 1. The van der Waals surface area contributed by atoms with E-state index in [0.717, 1.165) is 48.2 Å². The summed E-state index contributed by atoms with van der Waals surface area (Å²) in [5.74, 6) is 0.210. The molecule has 1 aliphatic rings. The molecule has 0 atom stereocenters. The number of carbonyl (C=O) groups is 1. The predicted octanol–water partition coefficient (Wildman–Crippen LogP) is 2.78. The molecule has 34 heavy (non-hydrogen) atoms. The highest BCUT2D eigenvalue weighted by molar-refractivity contribution is 7.22. The van der Waals surface area contributed by atoms with Gasteiger partial charge in [0.2, 0.25) is 0 Å². The van der Waals surface area contributed by atoms with Crippen LogP contribution in [0.2, 0.25) is 0 Å².